The summed E-state index contributed by atoms with van der Waals surface area (Å²) in [5, 5.41) is 13.8. The number of piperidine rings is 1. The van der Waals surface area contributed by atoms with Gasteiger partial charge in [0.1, 0.15) is 0 Å². The molecule has 22 heavy (non-hydrogen) atoms. The van der Waals surface area contributed by atoms with Crippen molar-refractivity contribution in [3.05, 3.63) is 0 Å². The molecule has 2 N–H and O–H groups in total. The number of methoxy groups -OCH3 is 1. The Labute approximate surface area is 134 Å². The normalized spacial score (nSPS) is 36.8. The lowest BCUT2D eigenvalue weighted by Crippen LogP contribution is -2.68. The Morgan fingerprint density at radius 3 is 2.73 bits per heavy atom. The molecule has 0 spiro atoms. The molecule has 1 saturated carbocycles. The van der Waals surface area contributed by atoms with Crippen LogP contribution in [0.2, 0.25) is 0 Å². The van der Waals surface area contributed by atoms with Crippen molar-refractivity contribution >= 4 is 0 Å². The molecule has 3 rings (SSSR count). The number of β-amino-alcohol motifs (C(OH)–C–C–N with tert-alkyl or cyclic N) is 1. The van der Waals surface area contributed by atoms with Crippen LogP contribution >= 0.6 is 0 Å². The molecule has 0 aromatic heterocycles. The van der Waals surface area contributed by atoms with Crippen LogP contribution in [0.1, 0.15) is 33.1 Å². The lowest BCUT2D eigenvalue weighted by molar-refractivity contribution is -0.117. The highest BCUT2D eigenvalue weighted by atomic mass is 16.5. The van der Waals surface area contributed by atoms with E-state index in [1.807, 2.05) is 0 Å². The number of likely N-dealkylation sites (tertiary alicyclic amines) is 1. The van der Waals surface area contributed by atoms with Gasteiger partial charge in [-0.05, 0) is 32.4 Å². The molecule has 4 unspecified atom stereocenters. The molecule has 2 saturated heterocycles. The van der Waals surface area contributed by atoms with Crippen molar-refractivity contribution in [1.29, 1.82) is 0 Å². The standard InChI is InChI=1S/C17H32N2O3/c1-17(2)15(14-6-9-22-16(14)17)18-12-4-7-19(8-5-12)10-13(20)11-21-3/h12-16,18,20H,4-11H2,1-3H3. The van der Waals surface area contributed by atoms with Crippen LogP contribution in [0.5, 0.6) is 0 Å². The number of hydrogen-bond acceptors (Lipinski definition) is 5. The molecule has 0 radical (unpaired) electrons. The molecule has 2 heterocycles. The van der Waals surface area contributed by atoms with Crippen LogP contribution in [0.25, 0.3) is 0 Å². The number of rotatable bonds is 6. The fourth-order valence-electron chi connectivity index (χ4n) is 4.74. The molecular formula is C17H32N2O3. The van der Waals surface area contributed by atoms with Gasteiger partial charge < -0.3 is 24.8 Å². The molecule has 2 aliphatic heterocycles. The first kappa shape index (κ1) is 16.7. The predicted octanol–water partition coefficient (Wildman–Crippen LogP) is 0.861. The summed E-state index contributed by atoms with van der Waals surface area (Å²) in [4.78, 5) is 2.36. The molecule has 0 bridgehead atoms. The summed E-state index contributed by atoms with van der Waals surface area (Å²) < 4.78 is 10.9. The van der Waals surface area contributed by atoms with E-state index in [2.05, 4.69) is 24.1 Å². The first-order valence-electron chi connectivity index (χ1n) is 8.79. The molecule has 3 aliphatic rings. The van der Waals surface area contributed by atoms with Crippen molar-refractivity contribution in [3.63, 3.8) is 0 Å². The van der Waals surface area contributed by atoms with E-state index in [0.717, 1.165) is 32.2 Å². The second-order valence-electron chi connectivity index (χ2n) is 7.89. The number of fused-ring (bicyclic) bond motifs is 1. The van der Waals surface area contributed by atoms with Gasteiger partial charge in [0, 0.05) is 43.7 Å². The van der Waals surface area contributed by atoms with Gasteiger partial charge in [0.2, 0.25) is 0 Å². The SMILES string of the molecule is COCC(O)CN1CCC(NC2C3CCOC3C2(C)C)CC1. The maximum Gasteiger partial charge on any atom is 0.0900 e. The molecule has 5 nitrogen and oxygen atoms in total. The van der Waals surface area contributed by atoms with E-state index in [1.165, 1.54) is 19.3 Å². The highest BCUT2D eigenvalue weighted by Crippen LogP contribution is 2.52. The second-order valence-corrected chi connectivity index (χ2v) is 7.89. The summed E-state index contributed by atoms with van der Waals surface area (Å²) in [5.41, 5.74) is 0.271. The summed E-state index contributed by atoms with van der Waals surface area (Å²) in [5.74, 6) is 0.719. The Morgan fingerprint density at radius 2 is 2.05 bits per heavy atom. The van der Waals surface area contributed by atoms with E-state index < -0.39 is 0 Å². The van der Waals surface area contributed by atoms with E-state index in [1.54, 1.807) is 7.11 Å². The Hall–Kier alpha value is -0.200. The first-order chi connectivity index (χ1) is 10.5. The lowest BCUT2D eigenvalue weighted by atomic mass is 9.57. The van der Waals surface area contributed by atoms with Gasteiger partial charge in [-0.2, -0.15) is 0 Å². The van der Waals surface area contributed by atoms with Crippen molar-refractivity contribution in [1.82, 2.24) is 10.2 Å². The van der Waals surface area contributed by atoms with Gasteiger partial charge in [0.15, 0.2) is 0 Å². The zero-order valence-electron chi connectivity index (χ0n) is 14.3. The van der Waals surface area contributed by atoms with Crippen LogP contribution in [0.4, 0.5) is 0 Å². The van der Waals surface area contributed by atoms with E-state index in [0.29, 0.717) is 24.8 Å². The molecular weight excluding hydrogens is 280 g/mol. The molecule has 0 aromatic carbocycles. The van der Waals surface area contributed by atoms with Gasteiger partial charge >= 0.3 is 0 Å². The number of hydrogen-bond donors (Lipinski definition) is 2. The maximum absolute atomic E-state index is 9.84. The largest absolute Gasteiger partial charge is 0.389 e. The van der Waals surface area contributed by atoms with Gasteiger partial charge in [-0.3, -0.25) is 0 Å². The fourth-order valence-corrected chi connectivity index (χ4v) is 4.74. The lowest BCUT2D eigenvalue weighted by Gasteiger charge is -2.56. The minimum Gasteiger partial charge on any atom is -0.389 e. The fraction of sp³-hybridized carbons (Fsp3) is 1.00. The molecule has 128 valence electrons. The van der Waals surface area contributed by atoms with Crippen molar-refractivity contribution in [3.8, 4) is 0 Å². The molecule has 0 amide bonds. The van der Waals surface area contributed by atoms with Crippen LogP contribution in [0.15, 0.2) is 0 Å². The zero-order chi connectivity index (χ0) is 15.7. The summed E-state index contributed by atoms with van der Waals surface area (Å²) in [6, 6.07) is 1.22. The quantitative estimate of drug-likeness (QED) is 0.762. The van der Waals surface area contributed by atoms with Crippen molar-refractivity contribution in [2.75, 3.05) is 40.0 Å². The monoisotopic (exact) mass is 312 g/mol. The number of aliphatic hydroxyl groups excluding tert-OH is 1. The topological polar surface area (TPSA) is 54.0 Å². The Balaban J connectivity index is 1.43. The van der Waals surface area contributed by atoms with Gasteiger partial charge in [-0.25, -0.2) is 0 Å². The second kappa shape index (κ2) is 6.73. The summed E-state index contributed by atoms with van der Waals surface area (Å²) in [6.45, 7) is 8.91. The summed E-state index contributed by atoms with van der Waals surface area (Å²) >= 11 is 0. The molecule has 3 fully saturated rings. The molecule has 5 heteroatoms. The van der Waals surface area contributed by atoms with Gasteiger partial charge in [0.05, 0.1) is 18.8 Å². The zero-order valence-corrected chi connectivity index (χ0v) is 14.3. The number of nitrogens with zero attached hydrogens (tertiary/aromatic N) is 1. The van der Waals surface area contributed by atoms with Crippen LogP contribution in [0, 0.1) is 11.3 Å². The average molecular weight is 312 g/mol. The Kier molecular flexibility index (Phi) is 5.10. The molecule has 4 atom stereocenters. The summed E-state index contributed by atoms with van der Waals surface area (Å²) in [7, 11) is 1.64. The smallest absolute Gasteiger partial charge is 0.0900 e. The van der Waals surface area contributed by atoms with Crippen molar-refractivity contribution in [2.45, 2.75) is 57.4 Å². The van der Waals surface area contributed by atoms with Gasteiger partial charge in [0.25, 0.3) is 0 Å². The maximum atomic E-state index is 9.84. The van der Waals surface area contributed by atoms with Gasteiger partial charge in [-0.15, -0.1) is 0 Å². The van der Waals surface area contributed by atoms with E-state index in [-0.39, 0.29) is 11.5 Å². The van der Waals surface area contributed by atoms with Crippen molar-refractivity contribution < 1.29 is 14.6 Å². The minimum atomic E-state index is -0.364. The van der Waals surface area contributed by atoms with E-state index >= 15 is 0 Å². The minimum absolute atomic E-state index is 0.271. The third-order valence-electron chi connectivity index (χ3n) is 5.93. The third kappa shape index (κ3) is 3.20. The van der Waals surface area contributed by atoms with Crippen LogP contribution < -0.4 is 5.32 Å². The number of ether oxygens (including phenoxy) is 2. The average Bonchev–Trinajstić information content (AvgIpc) is 2.93. The number of aliphatic hydroxyl groups is 1. The summed E-state index contributed by atoms with van der Waals surface area (Å²) in [6.07, 6.45) is 3.66. The van der Waals surface area contributed by atoms with Crippen molar-refractivity contribution in [2.24, 2.45) is 11.3 Å². The third-order valence-corrected chi connectivity index (χ3v) is 5.93. The van der Waals surface area contributed by atoms with Crippen LogP contribution in [-0.2, 0) is 9.47 Å². The molecule has 0 aromatic rings. The molecule has 1 aliphatic carbocycles. The highest BCUT2D eigenvalue weighted by Gasteiger charge is 2.59. The number of nitrogens with one attached hydrogen (secondary N) is 1. The van der Waals surface area contributed by atoms with Crippen LogP contribution in [0.3, 0.4) is 0 Å². The van der Waals surface area contributed by atoms with E-state index in [9.17, 15) is 5.11 Å². The van der Waals surface area contributed by atoms with Crippen LogP contribution in [-0.4, -0.2) is 74.3 Å². The first-order valence-corrected chi connectivity index (χ1v) is 8.79. The Bertz CT molecular complexity index is 369. The predicted molar refractivity (Wildman–Crippen MR) is 85.9 cm³/mol. The highest BCUT2D eigenvalue weighted by molar-refractivity contribution is 5.12. The van der Waals surface area contributed by atoms with E-state index in [4.69, 9.17) is 9.47 Å². The Morgan fingerprint density at radius 1 is 1.32 bits per heavy atom. The van der Waals surface area contributed by atoms with Gasteiger partial charge in [-0.1, -0.05) is 13.8 Å².